The quantitative estimate of drug-likeness (QED) is 0.755. The molecule has 0 radical (unpaired) electrons. The highest BCUT2D eigenvalue weighted by atomic mass is 35.5. The first-order valence-corrected chi connectivity index (χ1v) is 6.04. The van der Waals surface area contributed by atoms with Gasteiger partial charge in [-0.25, -0.2) is 0 Å². The Balaban J connectivity index is 2.15. The second-order valence-electron chi connectivity index (χ2n) is 4.05. The third kappa shape index (κ3) is 2.57. The minimum absolute atomic E-state index is 0.0143. The molecule has 0 saturated carbocycles. The van der Waals surface area contributed by atoms with Gasteiger partial charge in [-0.1, -0.05) is 35.3 Å². The van der Waals surface area contributed by atoms with Crippen LogP contribution in [0.2, 0.25) is 10.0 Å². The van der Waals surface area contributed by atoms with Gasteiger partial charge in [0.05, 0.1) is 10.0 Å². The number of likely N-dealkylation sites (tertiary alicyclic amines) is 1. The Labute approximate surface area is 111 Å². The van der Waals surface area contributed by atoms with Gasteiger partial charge in [-0.2, -0.15) is 0 Å². The Kier molecular flexibility index (Phi) is 3.61. The van der Waals surface area contributed by atoms with Crippen molar-refractivity contribution in [3.05, 3.63) is 33.8 Å². The Morgan fingerprint density at radius 1 is 1.47 bits per heavy atom. The zero-order valence-electron chi connectivity index (χ0n) is 9.12. The van der Waals surface area contributed by atoms with Crippen molar-refractivity contribution < 1.29 is 4.79 Å². The van der Waals surface area contributed by atoms with Crippen LogP contribution in [0.25, 0.3) is 0 Å². The molecule has 17 heavy (non-hydrogen) atoms. The largest absolute Gasteiger partial charge is 0.337 e. The lowest BCUT2D eigenvalue weighted by atomic mass is 10.1. The molecular formula is C13H11Cl2NO. The second kappa shape index (κ2) is 5.00. The van der Waals surface area contributed by atoms with Crippen LogP contribution >= 0.6 is 23.2 Å². The summed E-state index contributed by atoms with van der Waals surface area (Å²) in [7, 11) is 0. The number of carbonyl (C=O) groups is 1. The molecule has 1 unspecified atom stereocenters. The summed E-state index contributed by atoms with van der Waals surface area (Å²) in [6, 6.07) is 5.41. The summed E-state index contributed by atoms with van der Waals surface area (Å²) >= 11 is 12.0. The normalized spacial score (nSPS) is 19.5. The molecule has 0 aromatic heterocycles. The van der Waals surface area contributed by atoms with Crippen LogP contribution in [0.3, 0.4) is 0 Å². The number of halogens is 2. The second-order valence-corrected chi connectivity index (χ2v) is 4.84. The summed E-state index contributed by atoms with van der Waals surface area (Å²) in [6.07, 6.45) is 5.75. The van der Waals surface area contributed by atoms with Crippen LogP contribution in [-0.4, -0.2) is 17.4 Å². The Morgan fingerprint density at radius 2 is 2.24 bits per heavy atom. The molecule has 1 aliphatic heterocycles. The monoisotopic (exact) mass is 267 g/mol. The first-order chi connectivity index (χ1) is 8.11. The third-order valence-electron chi connectivity index (χ3n) is 2.84. The van der Waals surface area contributed by atoms with Gasteiger partial charge in [-0.15, -0.1) is 12.3 Å². The molecule has 1 aliphatic rings. The topological polar surface area (TPSA) is 20.3 Å². The fourth-order valence-electron chi connectivity index (χ4n) is 1.91. The van der Waals surface area contributed by atoms with Crippen LogP contribution in [-0.2, 0) is 11.3 Å². The predicted octanol–water partition coefficient (Wildman–Crippen LogP) is 2.98. The van der Waals surface area contributed by atoms with Gasteiger partial charge in [-0.3, -0.25) is 4.79 Å². The summed E-state index contributed by atoms with van der Waals surface area (Å²) in [4.78, 5) is 13.4. The Hall–Kier alpha value is -1.17. The van der Waals surface area contributed by atoms with Gasteiger partial charge in [-0.05, 0) is 11.6 Å². The smallest absolute Gasteiger partial charge is 0.224 e. The lowest BCUT2D eigenvalue weighted by Crippen LogP contribution is -2.24. The van der Waals surface area contributed by atoms with Crippen molar-refractivity contribution in [2.75, 3.05) is 6.54 Å². The maximum atomic E-state index is 11.7. The van der Waals surface area contributed by atoms with E-state index in [1.54, 1.807) is 11.0 Å². The van der Waals surface area contributed by atoms with Crippen molar-refractivity contribution in [1.29, 1.82) is 0 Å². The zero-order chi connectivity index (χ0) is 12.4. The van der Waals surface area contributed by atoms with Crippen LogP contribution in [0, 0.1) is 18.3 Å². The lowest BCUT2D eigenvalue weighted by molar-refractivity contribution is -0.128. The molecule has 1 fully saturated rings. The van der Waals surface area contributed by atoms with Crippen LogP contribution < -0.4 is 0 Å². The highest BCUT2D eigenvalue weighted by Crippen LogP contribution is 2.28. The molecule has 2 nitrogen and oxygen atoms in total. The number of amides is 1. The first kappa shape index (κ1) is 12.3. The fraction of sp³-hybridized carbons (Fsp3) is 0.308. The number of hydrogen-bond donors (Lipinski definition) is 0. The first-order valence-electron chi connectivity index (χ1n) is 5.28. The average Bonchev–Trinajstić information content (AvgIpc) is 2.66. The molecule has 2 rings (SSSR count). The van der Waals surface area contributed by atoms with E-state index >= 15 is 0 Å². The number of hydrogen-bond acceptors (Lipinski definition) is 1. The van der Waals surface area contributed by atoms with E-state index in [9.17, 15) is 4.79 Å². The molecule has 0 spiro atoms. The molecule has 0 bridgehead atoms. The highest BCUT2D eigenvalue weighted by molar-refractivity contribution is 6.42. The van der Waals surface area contributed by atoms with Gasteiger partial charge in [0, 0.05) is 25.4 Å². The molecule has 0 N–H and O–H groups in total. The maximum Gasteiger partial charge on any atom is 0.224 e. The molecule has 4 heteroatoms. The van der Waals surface area contributed by atoms with Gasteiger partial charge in [0.2, 0.25) is 5.91 Å². The minimum atomic E-state index is 0.0143. The van der Waals surface area contributed by atoms with Crippen LogP contribution in [0.1, 0.15) is 12.0 Å². The van der Waals surface area contributed by atoms with E-state index in [1.165, 1.54) is 0 Å². The van der Waals surface area contributed by atoms with E-state index < -0.39 is 0 Å². The molecule has 1 aromatic carbocycles. The van der Waals surface area contributed by atoms with Gasteiger partial charge in [0.15, 0.2) is 0 Å². The molecule has 1 amide bonds. The molecule has 1 saturated heterocycles. The van der Waals surface area contributed by atoms with Crippen molar-refractivity contribution >= 4 is 29.1 Å². The van der Waals surface area contributed by atoms with E-state index in [1.807, 2.05) is 12.1 Å². The Bertz CT molecular complexity index is 493. The lowest BCUT2D eigenvalue weighted by Gasteiger charge is -2.17. The van der Waals surface area contributed by atoms with E-state index in [2.05, 4.69) is 5.92 Å². The fourth-order valence-corrected chi connectivity index (χ4v) is 2.29. The third-order valence-corrected chi connectivity index (χ3v) is 3.70. The number of nitrogens with zero attached hydrogens (tertiary/aromatic N) is 1. The zero-order valence-corrected chi connectivity index (χ0v) is 10.6. The minimum Gasteiger partial charge on any atom is -0.337 e. The molecule has 0 aliphatic carbocycles. The number of terminal acetylenes is 1. The van der Waals surface area contributed by atoms with Crippen LogP contribution in [0.4, 0.5) is 0 Å². The summed E-state index contributed by atoms with van der Waals surface area (Å²) in [5.74, 6) is 2.70. The maximum absolute atomic E-state index is 11.7. The van der Waals surface area contributed by atoms with E-state index in [0.717, 1.165) is 5.56 Å². The average molecular weight is 268 g/mol. The molecule has 1 heterocycles. The summed E-state index contributed by atoms with van der Waals surface area (Å²) < 4.78 is 0. The Morgan fingerprint density at radius 3 is 2.88 bits per heavy atom. The van der Waals surface area contributed by atoms with Gasteiger partial charge in [0.25, 0.3) is 0 Å². The molecule has 1 atom stereocenters. The number of rotatable bonds is 2. The van der Waals surface area contributed by atoms with E-state index in [4.69, 9.17) is 29.6 Å². The SMILES string of the molecule is C#CC1CC(=O)N(Cc2cccc(Cl)c2Cl)C1. The number of carbonyl (C=O) groups excluding carboxylic acids is 1. The summed E-state index contributed by atoms with van der Waals surface area (Å²) in [5.41, 5.74) is 0.852. The van der Waals surface area contributed by atoms with Crippen molar-refractivity contribution in [3.63, 3.8) is 0 Å². The van der Waals surface area contributed by atoms with Gasteiger partial charge >= 0.3 is 0 Å². The number of benzene rings is 1. The van der Waals surface area contributed by atoms with Crippen molar-refractivity contribution in [2.24, 2.45) is 5.92 Å². The molecule has 88 valence electrons. The summed E-state index contributed by atoms with van der Waals surface area (Å²) in [6.45, 7) is 1.06. The van der Waals surface area contributed by atoms with Crippen molar-refractivity contribution in [1.82, 2.24) is 4.90 Å². The predicted molar refractivity (Wildman–Crippen MR) is 68.8 cm³/mol. The van der Waals surface area contributed by atoms with Crippen molar-refractivity contribution in [2.45, 2.75) is 13.0 Å². The molecule has 1 aromatic rings. The van der Waals surface area contributed by atoms with Crippen LogP contribution in [0.5, 0.6) is 0 Å². The molecular weight excluding hydrogens is 257 g/mol. The van der Waals surface area contributed by atoms with Crippen LogP contribution in [0.15, 0.2) is 18.2 Å². The van der Waals surface area contributed by atoms with Gasteiger partial charge < -0.3 is 4.90 Å². The van der Waals surface area contributed by atoms with E-state index in [-0.39, 0.29) is 11.8 Å². The van der Waals surface area contributed by atoms with E-state index in [0.29, 0.717) is 29.6 Å². The van der Waals surface area contributed by atoms with Crippen molar-refractivity contribution in [3.8, 4) is 12.3 Å². The summed E-state index contributed by atoms with van der Waals surface area (Å²) in [5, 5.41) is 1.01. The highest BCUT2D eigenvalue weighted by Gasteiger charge is 2.28. The van der Waals surface area contributed by atoms with Gasteiger partial charge in [0.1, 0.15) is 0 Å². The standard InChI is InChI=1S/C13H11Cl2NO/c1-2-9-6-12(17)16(7-9)8-10-4-3-5-11(14)13(10)15/h1,3-5,9H,6-8H2.